The molecular formula is C22H24N2O3. The van der Waals surface area contributed by atoms with Crippen molar-refractivity contribution in [3.63, 3.8) is 0 Å². The van der Waals surface area contributed by atoms with Gasteiger partial charge in [0.15, 0.2) is 0 Å². The molecule has 0 aliphatic rings. The minimum absolute atomic E-state index is 0.0655. The SMILES string of the molecule is CCc1cccc2c(CCNC(=O)CCc3ccccc3C(=O)O)c[nH]c12. The Balaban J connectivity index is 1.53. The topological polar surface area (TPSA) is 82.2 Å². The van der Waals surface area contributed by atoms with Gasteiger partial charge in [-0.2, -0.15) is 0 Å². The predicted molar refractivity (Wildman–Crippen MR) is 106 cm³/mol. The van der Waals surface area contributed by atoms with Crippen LogP contribution in [-0.2, 0) is 24.1 Å². The second-order valence-corrected chi connectivity index (χ2v) is 6.57. The fraction of sp³-hybridized carbons (Fsp3) is 0.273. The number of para-hydroxylation sites is 1. The second-order valence-electron chi connectivity index (χ2n) is 6.57. The van der Waals surface area contributed by atoms with E-state index in [9.17, 15) is 14.7 Å². The lowest BCUT2D eigenvalue weighted by molar-refractivity contribution is -0.121. The molecule has 1 heterocycles. The van der Waals surface area contributed by atoms with Crippen LogP contribution in [0.4, 0.5) is 0 Å². The van der Waals surface area contributed by atoms with Gasteiger partial charge in [0.25, 0.3) is 0 Å². The number of amides is 1. The number of carbonyl (C=O) groups excluding carboxylic acids is 1. The first-order valence-electron chi connectivity index (χ1n) is 9.26. The molecule has 1 amide bonds. The molecule has 1 aromatic heterocycles. The maximum atomic E-state index is 12.1. The lowest BCUT2D eigenvalue weighted by Gasteiger charge is -2.07. The first kappa shape index (κ1) is 18.7. The van der Waals surface area contributed by atoms with Crippen molar-refractivity contribution in [1.29, 1.82) is 0 Å². The van der Waals surface area contributed by atoms with Crippen molar-refractivity contribution in [1.82, 2.24) is 10.3 Å². The molecular weight excluding hydrogens is 340 g/mol. The van der Waals surface area contributed by atoms with E-state index >= 15 is 0 Å². The highest BCUT2D eigenvalue weighted by Crippen LogP contribution is 2.22. The predicted octanol–water partition coefficient (Wildman–Crippen LogP) is 3.72. The number of benzene rings is 2. The highest BCUT2D eigenvalue weighted by atomic mass is 16.4. The summed E-state index contributed by atoms with van der Waals surface area (Å²) in [4.78, 5) is 26.7. The van der Waals surface area contributed by atoms with Gasteiger partial charge in [0, 0.05) is 30.1 Å². The highest BCUT2D eigenvalue weighted by molar-refractivity contribution is 5.89. The molecule has 5 heteroatoms. The number of fused-ring (bicyclic) bond motifs is 1. The van der Waals surface area contributed by atoms with Crippen LogP contribution >= 0.6 is 0 Å². The molecule has 27 heavy (non-hydrogen) atoms. The lowest BCUT2D eigenvalue weighted by atomic mass is 10.0. The third kappa shape index (κ3) is 4.37. The molecule has 0 unspecified atom stereocenters. The number of aryl methyl sites for hydroxylation is 2. The van der Waals surface area contributed by atoms with Gasteiger partial charge in [-0.3, -0.25) is 4.79 Å². The Labute approximate surface area is 158 Å². The Morgan fingerprint density at radius 2 is 1.78 bits per heavy atom. The Morgan fingerprint density at radius 3 is 2.56 bits per heavy atom. The lowest BCUT2D eigenvalue weighted by Crippen LogP contribution is -2.26. The molecule has 0 aliphatic heterocycles. The van der Waals surface area contributed by atoms with E-state index in [1.54, 1.807) is 24.3 Å². The molecule has 5 nitrogen and oxygen atoms in total. The molecule has 140 valence electrons. The van der Waals surface area contributed by atoms with E-state index in [-0.39, 0.29) is 17.9 Å². The smallest absolute Gasteiger partial charge is 0.335 e. The normalized spacial score (nSPS) is 10.9. The Kier molecular flexibility index (Phi) is 5.91. The third-order valence-electron chi connectivity index (χ3n) is 4.85. The van der Waals surface area contributed by atoms with Gasteiger partial charge in [-0.25, -0.2) is 4.79 Å². The number of aromatic carboxylic acids is 1. The molecule has 3 rings (SSSR count). The summed E-state index contributed by atoms with van der Waals surface area (Å²) in [5.41, 5.74) is 4.60. The van der Waals surface area contributed by atoms with Crippen molar-refractivity contribution >= 4 is 22.8 Å². The maximum absolute atomic E-state index is 12.1. The number of rotatable bonds is 8. The zero-order valence-electron chi connectivity index (χ0n) is 15.4. The second kappa shape index (κ2) is 8.54. The molecule has 0 fully saturated rings. The number of H-pyrrole nitrogens is 1. The van der Waals surface area contributed by atoms with Crippen LogP contribution < -0.4 is 5.32 Å². The van der Waals surface area contributed by atoms with Crippen LogP contribution in [0.1, 0.15) is 40.4 Å². The van der Waals surface area contributed by atoms with Crippen LogP contribution in [0.2, 0.25) is 0 Å². The summed E-state index contributed by atoms with van der Waals surface area (Å²) in [6.07, 6.45) is 4.44. The minimum Gasteiger partial charge on any atom is -0.478 e. The average molecular weight is 364 g/mol. The van der Waals surface area contributed by atoms with Crippen LogP contribution in [-0.4, -0.2) is 28.5 Å². The van der Waals surface area contributed by atoms with Crippen molar-refractivity contribution in [2.45, 2.75) is 32.6 Å². The standard InChI is InChI=1S/C22H24N2O3/c1-2-15-7-5-9-18-17(14-24-21(15)18)12-13-23-20(25)11-10-16-6-3-4-8-19(16)22(26)27/h3-9,14,24H,2,10-13H2,1H3,(H,23,25)(H,26,27). The van der Waals surface area contributed by atoms with Crippen molar-refractivity contribution in [2.24, 2.45) is 0 Å². The van der Waals surface area contributed by atoms with Crippen molar-refractivity contribution in [3.8, 4) is 0 Å². The molecule has 2 aromatic carbocycles. The van der Waals surface area contributed by atoms with Gasteiger partial charge in [-0.1, -0.05) is 43.3 Å². The van der Waals surface area contributed by atoms with Crippen LogP contribution in [0.5, 0.6) is 0 Å². The fourth-order valence-corrected chi connectivity index (χ4v) is 3.40. The molecule has 0 bridgehead atoms. The zero-order chi connectivity index (χ0) is 19.2. The van der Waals surface area contributed by atoms with Gasteiger partial charge in [0.1, 0.15) is 0 Å². The van der Waals surface area contributed by atoms with E-state index in [1.165, 1.54) is 22.0 Å². The fourth-order valence-electron chi connectivity index (χ4n) is 3.40. The maximum Gasteiger partial charge on any atom is 0.335 e. The van der Waals surface area contributed by atoms with Gasteiger partial charge in [-0.15, -0.1) is 0 Å². The van der Waals surface area contributed by atoms with Crippen molar-refractivity contribution in [3.05, 3.63) is 70.9 Å². The summed E-state index contributed by atoms with van der Waals surface area (Å²) in [5.74, 6) is -1.03. The van der Waals surface area contributed by atoms with E-state index in [0.717, 1.165) is 12.8 Å². The Morgan fingerprint density at radius 1 is 1.00 bits per heavy atom. The minimum atomic E-state index is -0.961. The van der Waals surface area contributed by atoms with Crippen LogP contribution in [0.3, 0.4) is 0 Å². The number of aromatic amines is 1. The quantitative estimate of drug-likeness (QED) is 0.570. The van der Waals surface area contributed by atoms with Crippen molar-refractivity contribution in [2.75, 3.05) is 6.54 Å². The monoisotopic (exact) mass is 364 g/mol. The summed E-state index contributed by atoms with van der Waals surface area (Å²) >= 11 is 0. The molecule has 0 saturated carbocycles. The summed E-state index contributed by atoms with van der Waals surface area (Å²) in [7, 11) is 0. The van der Waals surface area contributed by atoms with E-state index in [4.69, 9.17) is 0 Å². The molecule has 0 spiro atoms. The summed E-state index contributed by atoms with van der Waals surface area (Å²) in [6, 6.07) is 13.1. The van der Waals surface area contributed by atoms with E-state index in [0.29, 0.717) is 18.5 Å². The van der Waals surface area contributed by atoms with Crippen LogP contribution in [0.25, 0.3) is 10.9 Å². The van der Waals surface area contributed by atoms with Gasteiger partial charge in [-0.05, 0) is 42.0 Å². The molecule has 0 saturated heterocycles. The number of aromatic nitrogens is 1. The van der Waals surface area contributed by atoms with Gasteiger partial charge >= 0.3 is 5.97 Å². The largest absolute Gasteiger partial charge is 0.478 e. The highest BCUT2D eigenvalue weighted by Gasteiger charge is 2.11. The Bertz CT molecular complexity index is 959. The Hall–Kier alpha value is -3.08. The number of hydrogen-bond donors (Lipinski definition) is 3. The molecule has 3 N–H and O–H groups in total. The number of nitrogens with one attached hydrogen (secondary N) is 2. The van der Waals surface area contributed by atoms with Crippen molar-refractivity contribution < 1.29 is 14.7 Å². The zero-order valence-corrected chi connectivity index (χ0v) is 15.4. The number of carbonyl (C=O) groups is 2. The van der Waals surface area contributed by atoms with E-state index in [1.807, 2.05) is 6.20 Å². The first-order chi connectivity index (χ1) is 13.1. The third-order valence-corrected chi connectivity index (χ3v) is 4.85. The summed E-state index contributed by atoms with van der Waals surface area (Å²) < 4.78 is 0. The van der Waals surface area contributed by atoms with Crippen LogP contribution in [0, 0.1) is 0 Å². The van der Waals surface area contributed by atoms with Gasteiger partial charge in [0.2, 0.25) is 5.91 Å². The van der Waals surface area contributed by atoms with Gasteiger partial charge < -0.3 is 15.4 Å². The molecule has 0 radical (unpaired) electrons. The molecule has 0 atom stereocenters. The average Bonchev–Trinajstić information content (AvgIpc) is 3.09. The number of hydrogen-bond acceptors (Lipinski definition) is 2. The number of carboxylic acid groups (broad SMARTS) is 1. The van der Waals surface area contributed by atoms with E-state index in [2.05, 4.69) is 35.4 Å². The van der Waals surface area contributed by atoms with Gasteiger partial charge in [0.05, 0.1) is 5.56 Å². The van der Waals surface area contributed by atoms with E-state index < -0.39 is 5.97 Å². The number of carboxylic acids is 1. The summed E-state index contributed by atoms with van der Waals surface area (Å²) in [5, 5.41) is 13.3. The molecule has 0 aliphatic carbocycles. The van der Waals surface area contributed by atoms with Crippen LogP contribution in [0.15, 0.2) is 48.7 Å². The summed E-state index contributed by atoms with van der Waals surface area (Å²) in [6.45, 7) is 2.70. The first-order valence-corrected chi connectivity index (χ1v) is 9.26. The molecule has 3 aromatic rings.